The van der Waals surface area contributed by atoms with E-state index in [1.54, 1.807) is 11.3 Å². The van der Waals surface area contributed by atoms with Gasteiger partial charge in [0.1, 0.15) is 5.01 Å². The fourth-order valence-corrected chi connectivity index (χ4v) is 3.80. The van der Waals surface area contributed by atoms with Crippen LogP contribution in [0.1, 0.15) is 5.01 Å². The number of aromatic nitrogens is 1. The van der Waals surface area contributed by atoms with E-state index >= 15 is 0 Å². The molecule has 7 heteroatoms. The number of thioether (sulfide) groups is 1. The summed E-state index contributed by atoms with van der Waals surface area (Å²) in [5, 5.41) is 3.08. The third kappa shape index (κ3) is 4.60. The van der Waals surface area contributed by atoms with Gasteiger partial charge in [0.15, 0.2) is 5.96 Å². The number of hydrogen-bond donors (Lipinski definition) is 1. The molecule has 4 nitrogen and oxygen atoms in total. The van der Waals surface area contributed by atoms with Gasteiger partial charge in [0.2, 0.25) is 0 Å². The van der Waals surface area contributed by atoms with Gasteiger partial charge >= 0.3 is 0 Å². The molecule has 1 aliphatic heterocycles. The van der Waals surface area contributed by atoms with E-state index in [0.717, 1.165) is 40.9 Å². The second-order valence-corrected chi connectivity index (χ2v) is 6.93. The first-order valence-corrected chi connectivity index (χ1v) is 8.99. The minimum absolute atomic E-state index is 0. The van der Waals surface area contributed by atoms with Crippen molar-refractivity contribution in [2.45, 2.75) is 6.54 Å². The molecule has 1 saturated heterocycles. The maximum atomic E-state index is 6.06. The van der Waals surface area contributed by atoms with Gasteiger partial charge in [0.05, 0.1) is 12.2 Å². The van der Waals surface area contributed by atoms with E-state index in [2.05, 4.69) is 32.4 Å². The fourth-order valence-electron chi connectivity index (χ4n) is 2.17. The second kappa shape index (κ2) is 8.73. The zero-order chi connectivity index (χ0) is 14.5. The number of rotatable bonds is 3. The van der Waals surface area contributed by atoms with Crippen LogP contribution in [0.4, 0.5) is 0 Å². The Hall–Kier alpha value is -0.800. The predicted molar refractivity (Wildman–Crippen MR) is 107 cm³/mol. The molecule has 0 saturated carbocycles. The van der Waals surface area contributed by atoms with E-state index in [1.807, 2.05) is 30.0 Å². The van der Waals surface area contributed by atoms with Gasteiger partial charge in [-0.05, 0) is 0 Å². The van der Waals surface area contributed by atoms with Crippen LogP contribution in [-0.4, -0.2) is 40.4 Å². The molecule has 0 bridgehead atoms. The van der Waals surface area contributed by atoms with Crippen LogP contribution in [0.25, 0.3) is 11.3 Å². The van der Waals surface area contributed by atoms with Crippen molar-refractivity contribution in [3.05, 3.63) is 40.7 Å². The second-order valence-electron chi connectivity index (χ2n) is 4.77. The van der Waals surface area contributed by atoms with E-state index in [9.17, 15) is 0 Å². The van der Waals surface area contributed by atoms with Crippen LogP contribution in [0, 0.1) is 0 Å². The van der Waals surface area contributed by atoms with Gasteiger partial charge in [0, 0.05) is 35.5 Å². The highest BCUT2D eigenvalue weighted by atomic mass is 127. The van der Waals surface area contributed by atoms with E-state index in [4.69, 9.17) is 5.73 Å². The molecule has 22 heavy (non-hydrogen) atoms. The topological polar surface area (TPSA) is 54.5 Å². The van der Waals surface area contributed by atoms with E-state index in [1.165, 1.54) is 0 Å². The summed E-state index contributed by atoms with van der Waals surface area (Å²) in [6.45, 7) is 2.55. The third-order valence-corrected chi connectivity index (χ3v) is 5.11. The Kier molecular flexibility index (Phi) is 6.97. The predicted octanol–water partition coefficient (Wildman–Crippen LogP) is 3.29. The Morgan fingerprint density at radius 1 is 1.23 bits per heavy atom. The molecular formula is C15H19IN4S2. The van der Waals surface area contributed by atoms with Crippen molar-refractivity contribution in [1.29, 1.82) is 0 Å². The first-order chi connectivity index (χ1) is 10.3. The van der Waals surface area contributed by atoms with Crippen molar-refractivity contribution in [3.63, 3.8) is 0 Å². The minimum atomic E-state index is 0. The Bertz CT molecular complexity index is 609. The normalized spacial score (nSPS) is 15.5. The number of thiazole rings is 1. The molecule has 0 radical (unpaired) electrons. The van der Waals surface area contributed by atoms with Gasteiger partial charge in [-0.2, -0.15) is 11.8 Å². The molecule has 1 fully saturated rings. The van der Waals surface area contributed by atoms with Gasteiger partial charge in [-0.1, -0.05) is 30.3 Å². The molecule has 0 unspecified atom stereocenters. The maximum Gasteiger partial charge on any atom is 0.191 e. The smallest absolute Gasteiger partial charge is 0.191 e. The van der Waals surface area contributed by atoms with Crippen LogP contribution in [0.5, 0.6) is 0 Å². The monoisotopic (exact) mass is 446 g/mol. The van der Waals surface area contributed by atoms with Crippen LogP contribution in [-0.2, 0) is 6.54 Å². The Balaban J connectivity index is 0.00000176. The van der Waals surface area contributed by atoms with Gasteiger partial charge in [0.25, 0.3) is 0 Å². The van der Waals surface area contributed by atoms with Crippen LogP contribution in [0.2, 0.25) is 0 Å². The zero-order valence-corrected chi connectivity index (χ0v) is 16.1. The number of aliphatic imine (C=N–C) groups is 1. The average molecular weight is 446 g/mol. The van der Waals surface area contributed by atoms with Crippen molar-refractivity contribution >= 4 is 53.0 Å². The molecule has 1 aromatic heterocycles. The van der Waals surface area contributed by atoms with E-state index in [-0.39, 0.29) is 24.0 Å². The highest BCUT2D eigenvalue weighted by Gasteiger charge is 2.12. The molecule has 0 amide bonds. The maximum absolute atomic E-state index is 6.06. The lowest BCUT2D eigenvalue weighted by Crippen LogP contribution is -2.42. The highest BCUT2D eigenvalue weighted by Crippen LogP contribution is 2.22. The minimum Gasteiger partial charge on any atom is -0.370 e. The van der Waals surface area contributed by atoms with Crippen molar-refractivity contribution in [1.82, 2.24) is 9.88 Å². The highest BCUT2D eigenvalue weighted by molar-refractivity contribution is 14.0. The lowest BCUT2D eigenvalue weighted by Gasteiger charge is -2.27. The van der Waals surface area contributed by atoms with Crippen LogP contribution >= 0.6 is 47.1 Å². The van der Waals surface area contributed by atoms with Crippen LogP contribution in [0.3, 0.4) is 0 Å². The summed E-state index contributed by atoms with van der Waals surface area (Å²) in [6, 6.07) is 10.2. The number of benzene rings is 1. The number of guanidine groups is 1. The van der Waals surface area contributed by atoms with Gasteiger partial charge in [-0.3, -0.25) is 0 Å². The van der Waals surface area contributed by atoms with Gasteiger partial charge < -0.3 is 10.6 Å². The summed E-state index contributed by atoms with van der Waals surface area (Å²) in [4.78, 5) is 11.3. The molecule has 0 atom stereocenters. The number of nitrogens with zero attached hydrogens (tertiary/aromatic N) is 3. The lowest BCUT2D eigenvalue weighted by molar-refractivity contribution is 0.455. The third-order valence-electron chi connectivity index (χ3n) is 3.33. The fraction of sp³-hybridized carbons (Fsp3) is 0.333. The van der Waals surface area contributed by atoms with Gasteiger partial charge in [-0.25, -0.2) is 9.98 Å². The largest absolute Gasteiger partial charge is 0.370 e. The molecule has 0 aliphatic carbocycles. The number of halogens is 1. The molecule has 2 aromatic rings. The molecule has 2 heterocycles. The van der Waals surface area contributed by atoms with Crippen molar-refractivity contribution in [3.8, 4) is 11.3 Å². The SMILES string of the molecule is I.NC(=NCc1nc(-c2ccccc2)cs1)N1CCSCC1. The standard InChI is InChI=1S/C15H18N4S2.HI/c16-15(19-6-8-20-9-7-19)17-10-14-18-13(11-21-14)12-4-2-1-3-5-12;/h1-5,11H,6-10H2,(H2,16,17);1H. The van der Waals surface area contributed by atoms with E-state index < -0.39 is 0 Å². The lowest BCUT2D eigenvalue weighted by atomic mass is 10.2. The summed E-state index contributed by atoms with van der Waals surface area (Å²) < 4.78 is 0. The summed E-state index contributed by atoms with van der Waals surface area (Å²) in [6.07, 6.45) is 0. The summed E-state index contributed by atoms with van der Waals surface area (Å²) in [5.41, 5.74) is 8.21. The molecule has 0 spiro atoms. The zero-order valence-electron chi connectivity index (χ0n) is 12.1. The number of nitrogens with two attached hydrogens (primary N) is 1. The molecule has 1 aromatic carbocycles. The Morgan fingerprint density at radius 2 is 1.95 bits per heavy atom. The van der Waals surface area contributed by atoms with Crippen molar-refractivity contribution in [2.75, 3.05) is 24.6 Å². The molecule has 2 N–H and O–H groups in total. The van der Waals surface area contributed by atoms with Crippen LogP contribution < -0.4 is 5.73 Å². The summed E-state index contributed by atoms with van der Waals surface area (Å²) >= 11 is 3.61. The van der Waals surface area contributed by atoms with Crippen molar-refractivity contribution < 1.29 is 0 Å². The molecular weight excluding hydrogens is 427 g/mol. The van der Waals surface area contributed by atoms with Gasteiger partial charge in [-0.15, -0.1) is 35.3 Å². The molecule has 118 valence electrons. The van der Waals surface area contributed by atoms with E-state index in [0.29, 0.717) is 12.5 Å². The Labute approximate surface area is 156 Å². The summed E-state index contributed by atoms with van der Waals surface area (Å²) in [5.74, 6) is 2.91. The first kappa shape index (κ1) is 17.6. The van der Waals surface area contributed by atoms with Crippen LogP contribution in [0.15, 0.2) is 40.7 Å². The Morgan fingerprint density at radius 3 is 2.68 bits per heavy atom. The average Bonchev–Trinajstić information content (AvgIpc) is 3.03. The molecule has 3 rings (SSSR count). The summed E-state index contributed by atoms with van der Waals surface area (Å²) in [7, 11) is 0. The molecule has 1 aliphatic rings. The first-order valence-electron chi connectivity index (χ1n) is 6.95. The van der Waals surface area contributed by atoms with Crippen molar-refractivity contribution in [2.24, 2.45) is 10.7 Å². The number of hydrogen-bond acceptors (Lipinski definition) is 4. The quantitative estimate of drug-likeness (QED) is 0.447.